The number of aromatic nitrogens is 1. The van der Waals surface area contributed by atoms with Crippen LogP contribution in [0.4, 0.5) is 21.6 Å². The predicted molar refractivity (Wildman–Crippen MR) is 150 cm³/mol. The number of nitrogens with zero attached hydrogens (tertiary/aromatic N) is 2. The Balaban J connectivity index is 1.17. The van der Waals surface area contributed by atoms with Gasteiger partial charge in [0.2, 0.25) is 5.91 Å². The van der Waals surface area contributed by atoms with Crippen LogP contribution >= 0.6 is 11.3 Å². The van der Waals surface area contributed by atoms with Crippen molar-refractivity contribution in [3.63, 3.8) is 0 Å². The van der Waals surface area contributed by atoms with Gasteiger partial charge in [-0.1, -0.05) is 6.07 Å². The van der Waals surface area contributed by atoms with Crippen LogP contribution in [-0.4, -0.2) is 42.3 Å². The number of carbonyl (C=O) groups is 3. The lowest BCUT2D eigenvalue weighted by Crippen LogP contribution is -2.48. The van der Waals surface area contributed by atoms with Gasteiger partial charge < -0.3 is 20.9 Å². The maximum Gasteiger partial charge on any atom is 0.281 e. The Morgan fingerprint density at radius 1 is 1.12 bits per heavy atom. The molecule has 2 aliphatic heterocycles. The van der Waals surface area contributed by atoms with Crippen LogP contribution in [0, 0.1) is 5.82 Å². The van der Waals surface area contributed by atoms with Gasteiger partial charge in [-0.2, -0.15) is 0 Å². The summed E-state index contributed by atoms with van der Waals surface area (Å²) in [5, 5.41) is 8.76. The minimum atomic E-state index is -0.548. The second-order valence-electron chi connectivity index (χ2n) is 9.86. The molecule has 0 bridgehead atoms. The largest absolute Gasteiger partial charge is 0.336 e. The zero-order chi connectivity index (χ0) is 27.6. The van der Waals surface area contributed by atoms with E-state index in [9.17, 15) is 18.8 Å². The third kappa shape index (κ3) is 5.46. The molecule has 2 aromatic heterocycles. The molecular weight excluding hydrogens is 533 g/mol. The molecule has 1 unspecified atom stereocenters. The van der Waals surface area contributed by atoms with Crippen molar-refractivity contribution in [1.82, 2.24) is 21.2 Å². The van der Waals surface area contributed by atoms with E-state index in [4.69, 9.17) is 0 Å². The molecule has 0 radical (unpaired) electrons. The maximum atomic E-state index is 14.7. The molecule has 0 saturated carbocycles. The van der Waals surface area contributed by atoms with Crippen LogP contribution in [0.3, 0.4) is 0 Å². The molecule has 1 aromatic carbocycles. The zero-order valence-electron chi connectivity index (χ0n) is 21.6. The molecule has 3 aliphatic rings. The number of hydrazine groups is 1. The van der Waals surface area contributed by atoms with Crippen LogP contribution < -0.4 is 31.7 Å². The van der Waals surface area contributed by atoms with E-state index in [1.807, 2.05) is 6.07 Å². The number of pyridine rings is 1. The first-order chi connectivity index (χ1) is 19.4. The monoisotopic (exact) mass is 561 g/mol. The van der Waals surface area contributed by atoms with E-state index in [2.05, 4.69) is 31.8 Å². The Labute approximate surface area is 234 Å². The van der Waals surface area contributed by atoms with Crippen LogP contribution in [0.25, 0.3) is 0 Å². The number of hydrogen-bond donors (Lipinski definition) is 5. The second kappa shape index (κ2) is 11.2. The van der Waals surface area contributed by atoms with E-state index >= 15 is 0 Å². The fourth-order valence-electron chi connectivity index (χ4n) is 5.03. The number of nitrogens with one attached hydrogen (secondary N) is 5. The lowest BCUT2D eigenvalue weighted by atomic mass is 9.99. The molecule has 206 valence electrons. The zero-order valence-corrected chi connectivity index (χ0v) is 22.4. The Kier molecular flexibility index (Phi) is 7.29. The van der Waals surface area contributed by atoms with Crippen molar-refractivity contribution < 1.29 is 18.8 Å². The Morgan fingerprint density at radius 3 is 2.80 bits per heavy atom. The number of anilines is 3. The lowest BCUT2D eigenvalue weighted by Gasteiger charge is -2.27. The number of rotatable bonds is 6. The topological polar surface area (TPSA) is 127 Å². The van der Waals surface area contributed by atoms with Crippen LogP contribution in [0.15, 0.2) is 54.4 Å². The highest BCUT2D eigenvalue weighted by atomic mass is 32.1. The predicted octanol–water partition coefficient (Wildman–Crippen LogP) is 3.02. The number of fused-ring (bicyclic) bond motifs is 1. The van der Waals surface area contributed by atoms with Gasteiger partial charge in [-0.05, 0) is 73.2 Å². The van der Waals surface area contributed by atoms with Gasteiger partial charge in [0.15, 0.2) is 0 Å². The molecule has 4 heterocycles. The van der Waals surface area contributed by atoms with Gasteiger partial charge in [-0.25, -0.2) is 14.8 Å². The molecule has 10 nitrogen and oxygen atoms in total. The molecule has 1 aliphatic carbocycles. The molecule has 3 amide bonds. The second-order valence-corrected chi connectivity index (χ2v) is 11.0. The normalized spacial score (nSPS) is 19.0. The summed E-state index contributed by atoms with van der Waals surface area (Å²) in [5.41, 5.74) is 8.37. The molecule has 5 N–H and O–H groups in total. The van der Waals surface area contributed by atoms with E-state index in [1.54, 1.807) is 41.4 Å². The van der Waals surface area contributed by atoms with Gasteiger partial charge >= 0.3 is 0 Å². The number of hydrogen-bond acceptors (Lipinski definition) is 8. The minimum absolute atomic E-state index is 0.0265. The molecule has 40 heavy (non-hydrogen) atoms. The van der Waals surface area contributed by atoms with E-state index in [1.165, 1.54) is 27.8 Å². The number of piperazine rings is 1. The smallest absolute Gasteiger partial charge is 0.281 e. The molecule has 6 rings (SSSR count). The van der Waals surface area contributed by atoms with Crippen molar-refractivity contribution in [2.24, 2.45) is 0 Å². The summed E-state index contributed by atoms with van der Waals surface area (Å²) in [4.78, 5) is 45.4. The van der Waals surface area contributed by atoms with Gasteiger partial charge in [0, 0.05) is 18.0 Å². The maximum absolute atomic E-state index is 14.7. The Hall–Kier alpha value is -4.13. The van der Waals surface area contributed by atoms with Gasteiger partial charge in [-0.3, -0.25) is 19.8 Å². The first-order valence-corrected chi connectivity index (χ1v) is 14.0. The molecule has 0 spiro atoms. The van der Waals surface area contributed by atoms with E-state index in [0.29, 0.717) is 35.0 Å². The SMILES string of the molecule is O=C1NNC(c2ccc(F)c(NC(=O)c3cc4c(s3)CCCC4)c2)C=C1Nc1ccc(N2CCNCC2=O)cn1. The van der Waals surface area contributed by atoms with Crippen LogP contribution in [0.2, 0.25) is 0 Å². The molecule has 3 aromatic rings. The highest BCUT2D eigenvalue weighted by Crippen LogP contribution is 2.31. The van der Waals surface area contributed by atoms with Crippen molar-refractivity contribution in [1.29, 1.82) is 0 Å². The quantitative estimate of drug-likeness (QED) is 0.313. The fourth-order valence-corrected chi connectivity index (χ4v) is 6.18. The summed E-state index contributed by atoms with van der Waals surface area (Å²) >= 11 is 1.47. The number of halogens is 1. The van der Waals surface area contributed by atoms with Crippen LogP contribution in [-0.2, 0) is 22.4 Å². The molecule has 1 fully saturated rings. The average molecular weight is 562 g/mol. The van der Waals surface area contributed by atoms with Gasteiger partial charge in [0.1, 0.15) is 17.3 Å². The number of amides is 3. The number of carbonyl (C=O) groups excluding carboxylic acids is 3. The number of benzene rings is 1. The molecule has 1 saturated heterocycles. The first kappa shape index (κ1) is 26.1. The van der Waals surface area contributed by atoms with Gasteiger partial charge in [0.25, 0.3) is 11.8 Å². The Bertz CT molecular complexity index is 1480. The average Bonchev–Trinajstić information content (AvgIpc) is 3.41. The highest BCUT2D eigenvalue weighted by Gasteiger charge is 2.24. The van der Waals surface area contributed by atoms with Gasteiger partial charge in [0.05, 0.1) is 35.0 Å². The van der Waals surface area contributed by atoms with Crippen molar-refractivity contribution in [3.05, 3.63) is 81.1 Å². The molecule has 1 atom stereocenters. The summed E-state index contributed by atoms with van der Waals surface area (Å²) in [7, 11) is 0. The number of aryl methyl sites for hydroxylation is 2. The van der Waals surface area contributed by atoms with E-state index in [-0.39, 0.29) is 29.7 Å². The third-order valence-corrected chi connectivity index (χ3v) is 8.38. The molecule has 12 heteroatoms. The fraction of sp³-hybridized carbons (Fsp3) is 0.286. The summed E-state index contributed by atoms with van der Waals surface area (Å²) in [6.45, 7) is 1.55. The summed E-state index contributed by atoms with van der Waals surface area (Å²) in [6.07, 6.45) is 7.45. The standard InChI is InChI=1S/C28H28FN7O3S/c29-19-7-5-16(11-21(19)33-28(39)24-12-17-3-1-2-4-23(17)40-24)20-13-22(27(38)35-34-20)32-25-8-6-18(14-31-25)36-10-9-30-15-26(36)37/h5-8,11-14,20,30,34H,1-4,9-10,15H2,(H,31,32)(H,33,39)(H,35,38). The summed E-state index contributed by atoms with van der Waals surface area (Å²) in [6, 6.07) is 9.33. The van der Waals surface area contributed by atoms with Crippen molar-refractivity contribution >= 4 is 46.3 Å². The lowest BCUT2D eigenvalue weighted by molar-refractivity contribution is -0.119. The van der Waals surface area contributed by atoms with E-state index in [0.717, 1.165) is 25.7 Å². The minimum Gasteiger partial charge on any atom is -0.336 e. The summed E-state index contributed by atoms with van der Waals surface area (Å²) < 4.78 is 14.7. The van der Waals surface area contributed by atoms with E-state index < -0.39 is 17.8 Å². The van der Waals surface area contributed by atoms with Crippen molar-refractivity contribution in [2.45, 2.75) is 31.7 Å². The van der Waals surface area contributed by atoms with Crippen molar-refractivity contribution in [3.8, 4) is 0 Å². The third-order valence-electron chi connectivity index (χ3n) is 7.15. The number of thiophene rings is 1. The summed E-state index contributed by atoms with van der Waals surface area (Å²) in [5.74, 6) is -0.875. The van der Waals surface area contributed by atoms with Crippen LogP contribution in [0.1, 0.15) is 44.6 Å². The molecular formula is C28H28FN7O3S. The first-order valence-electron chi connectivity index (χ1n) is 13.2. The van der Waals surface area contributed by atoms with Crippen molar-refractivity contribution in [2.75, 3.05) is 35.2 Å². The Morgan fingerprint density at radius 2 is 2.00 bits per heavy atom. The van der Waals surface area contributed by atoms with Crippen LogP contribution in [0.5, 0.6) is 0 Å². The van der Waals surface area contributed by atoms with Gasteiger partial charge in [-0.15, -0.1) is 11.3 Å². The highest BCUT2D eigenvalue weighted by molar-refractivity contribution is 7.14.